The average molecular weight is 193 g/mol. The van der Waals surface area contributed by atoms with Gasteiger partial charge in [-0.3, -0.25) is 4.68 Å². The average Bonchev–Trinajstić information content (AvgIpc) is 2.44. The second-order valence-electron chi connectivity index (χ2n) is 3.26. The van der Waals surface area contributed by atoms with Crippen LogP contribution in [0.4, 0.5) is 4.39 Å². The lowest BCUT2D eigenvalue weighted by Gasteiger charge is -1.99. The van der Waals surface area contributed by atoms with Crippen molar-refractivity contribution in [1.82, 2.24) is 9.78 Å². The standard InChI is InChI=1S/C10H12FN3/c1-7-9-3-2-8(11)6-10(9)13-14(7)5-4-12/h2-3,6H,4-5,12H2,1H3. The van der Waals surface area contributed by atoms with E-state index in [0.717, 1.165) is 11.1 Å². The number of aromatic nitrogens is 2. The van der Waals surface area contributed by atoms with Crippen LogP contribution in [0.3, 0.4) is 0 Å². The molecule has 3 nitrogen and oxygen atoms in total. The molecule has 1 aromatic heterocycles. The Kier molecular flexibility index (Phi) is 2.21. The maximum atomic E-state index is 12.9. The van der Waals surface area contributed by atoms with Gasteiger partial charge in [0.25, 0.3) is 0 Å². The highest BCUT2D eigenvalue weighted by Crippen LogP contribution is 2.18. The van der Waals surface area contributed by atoms with E-state index < -0.39 is 0 Å². The Morgan fingerprint density at radius 2 is 2.29 bits per heavy atom. The number of fused-ring (bicyclic) bond motifs is 1. The van der Waals surface area contributed by atoms with Gasteiger partial charge in [-0.2, -0.15) is 5.10 Å². The molecule has 2 N–H and O–H groups in total. The van der Waals surface area contributed by atoms with E-state index in [0.29, 0.717) is 18.6 Å². The quantitative estimate of drug-likeness (QED) is 0.784. The summed E-state index contributed by atoms with van der Waals surface area (Å²) in [4.78, 5) is 0. The number of nitrogens with two attached hydrogens (primary N) is 1. The molecular weight excluding hydrogens is 181 g/mol. The van der Waals surface area contributed by atoms with Crippen molar-refractivity contribution in [3.8, 4) is 0 Å². The Balaban J connectivity index is 2.61. The second kappa shape index (κ2) is 3.38. The molecule has 0 unspecified atom stereocenters. The monoisotopic (exact) mass is 193 g/mol. The van der Waals surface area contributed by atoms with Gasteiger partial charge in [0.05, 0.1) is 12.1 Å². The summed E-state index contributed by atoms with van der Waals surface area (Å²) in [7, 11) is 0. The molecule has 4 heteroatoms. The molecular formula is C10H12FN3. The first kappa shape index (κ1) is 9.15. The summed E-state index contributed by atoms with van der Waals surface area (Å²) in [5.74, 6) is -0.255. The molecule has 14 heavy (non-hydrogen) atoms. The van der Waals surface area contributed by atoms with E-state index in [9.17, 15) is 4.39 Å². The normalized spacial score (nSPS) is 11.1. The van der Waals surface area contributed by atoms with Gasteiger partial charge in [-0.15, -0.1) is 0 Å². The smallest absolute Gasteiger partial charge is 0.125 e. The fourth-order valence-corrected chi connectivity index (χ4v) is 1.58. The third kappa shape index (κ3) is 1.37. The zero-order valence-corrected chi connectivity index (χ0v) is 8.00. The highest BCUT2D eigenvalue weighted by Gasteiger charge is 2.06. The summed E-state index contributed by atoms with van der Waals surface area (Å²) in [6.07, 6.45) is 0. The molecule has 1 aromatic carbocycles. The number of hydrogen-bond acceptors (Lipinski definition) is 2. The molecule has 0 fully saturated rings. The second-order valence-corrected chi connectivity index (χ2v) is 3.26. The van der Waals surface area contributed by atoms with Gasteiger partial charge in [0.15, 0.2) is 0 Å². The first-order valence-electron chi connectivity index (χ1n) is 4.55. The zero-order chi connectivity index (χ0) is 10.1. The molecule has 0 radical (unpaired) electrons. The van der Waals surface area contributed by atoms with Crippen molar-refractivity contribution < 1.29 is 4.39 Å². The van der Waals surface area contributed by atoms with Crippen LogP contribution in [0.25, 0.3) is 10.9 Å². The lowest BCUT2D eigenvalue weighted by atomic mass is 10.2. The lowest BCUT2D eigenvalue weighted by molar-refractivity contribution is 0.612. The van der Waals surface area contributed by atoms with Gasteiger partial charge >= 0.3 is 0 Å². The Morgan fingerprint density at radius 1 is 1.50 bits per heavy atom. The maximum Gasteiger partial charge on any atom is 0.125 e. The van der Waals surface area contributed by atoms with Crippen LogP contribution in [0, 0.1) is 12.7 Å². The van der Waals surface area contributed by atoms with Gasteiger partial charge in [0.1, 0.15) is 5.82 Å². The molecule has 74 valence electrons. The Morgan fingerprint density at radius 3 is 3.00 bits per heavy atom. The van der Waals surface area contributed by atoms with Gasteiger partial charge in [-0.25, -0.2) is 4.39 Å². The van der Waals surface area contributed by atoms with Crippen LogP contribution in [0.5, 0.6) is 0 Å². The van der Waals surface area contributed by atoms with E-state index in [2.05, 4.69) is 5.10 Å². The number of rotatable bonds is 2. The van der Waals surface area contributed by atoms with Crippen molar-refractivity contribution in [3.05, 3.63) is 29.7 Å². The molecule has 0 aliphatic carbocycles. The van der Waals surface area contributed by atoms with Crippen molar-refractivity contribution in [3.63, 3.8) is 0 Å². The van der Waals surface area contributed by atoms with Gasteiger partial charge in [-0.05, 0) is 19.1 Å². The minimum absolute atomic E-state index is 0.255. The molecule has 0 aliphatic heterocycles. The molecule has 0 amide bonds. The summed E-state index contributed by atoms with van der Waals surface area (Å²) in [5, 5.41) is 5.25. The topological polar surface area (TPSA) is 43.8 Å². The van der Waals surface area contributed by atoms with Crippen molar-refractivity contribution >= 4 is 10.9 Å². The molecule has 2 aromatic rings. The number of hydrogen-bond donors (Lipinski definition) is 1. The van der Waals surface area contributed by atoms with E-state index in [1.54, 1.807) is 6.07 Å². The summed E-state index contributed by atoms with van der Waals surface area (Å²) in [6.45, 7) is 3.17. The summed E-state index contributed by atoms with van der Waals surface area (Å²) in [6, 6.07) is 4.64. The fraction of sp³-hybridized carbons (Fsp3) is 0.300. The number of nitrogens with zero attached hydrogens (tertiary/aromatic N) is 2. The highest BCUT2D eigenvalue weighted by molar-refractivity contribution is 5.81. The molecule has 0 atom stereocenters. The van der Waals surface area contributed by atoms with E-state index in [4.69, 9.17) is 5.73 Å². The summed E-state index contributed by atoms with van der Waals surface area (Å²) >= 11 is 0. The Hall–Kier alpha value is -1.42. The van der Waals surface area contributed by atoms with Crippen LogP contribution >= 0.6 is 0 Å². The van der Waals surface area contributed by atoms with E-state index >= 15 is 0 Å². The molecule has 0 aliphatic rings. The summed E-state index contributed by atoms with van der Waals surface area (Å²) in [5.41, 5.74) is 7.17. The highest BCUT2D eigenvalue weighted by atomic mass is 19.1. The van der Waals surface area contributed by atoms with Crippen molar-refractivity contribution in [2.75, 3.05) is 6.54 Å². The van der Waals surface area contributed by atoms with Crippen molar-refractivity contribution in [2.45, 2.75) is 13.5 Å². The predicted molar refractivity (Wildman–Crippen MR) is 53.5 cm³/mol. The number of aryl methyl sites for hydroxylation is 1. The first-order chi connectivity index (χ1) is 6.72. The Labute approximate surface area is 81.3 Å². The van der Waals surface area contributed by atoms with Crippen LogP contribution in [0.1, 0.15) is 5.69 Å². The van der Waals surface area contributed by atoms with Gasteiger partial charge in [-0.1, -0.05) is 0 Å². The minimum atomic E-state index is -0.255. The van der Waals surface area contributed by atoms with E-state index in [1.165, 1.54) is 12.1 Å². The largest absolute Gasteiger partial charge is 0.329 e. The molecule has 0 saturated heterocycles. The minimum Gasteiger partial charge on any atom is -0.329 e. The van der Waals surface area contributed by atoms with Crippen molar-refractivity contribution in [2.24, 2.45) is 5.73 Å². The van der Waals surface area contributed by atoms with Crippen LogP contribution in [0.15, 0.2) is 18.2 Å². The van der Waals surface area contributed by atoms with Gasteiger partial charge in [0, 0.05) is 23.7 Å². The third-order valence-electron chi connectivity index (χ3n) is 2.31. The van der Waals surface area contributed by atoms with Crippen LogP contribution in [-0.2, 0) is 6.54 Å². The third-order valence-corrected chi connectivity index (χ3v) is 2.31. The Bertz CT molecular complexity index is 462. The van der Waals surface area contributed by atoms with E-state index in [-0.39, 0.29) is 5.82 Å². The molecule has 0 saturated carbocycles. The van der Waals surface area contributed by atoms with Crippen molar-refractivity contribution in [1.29, 1.82) is 0 Å². The first-order valence-corrected chi connectivity index (χ1v) is 4.55. The molecule has 2 rings (SSSR count). The van der Waals surface area contributed by atoms with Crippen LogP contribution < -0.4 is 5.73 Å². The maximum absolute atomic E-state index is 12.9. The zero-order valence-electron chi connectivity index (χ0n) is 8.00. The molecule has 1 heterocycles. The van der Waals surface area contributed by atoms with Gasteiger partial charge in [0.2, 0.25) is 0 Å². The lowest BCUT2D eigenvalue weighted by Crippen LogP contribution is -2.11. The van der Waals surface area contributed by atoms with Crippen LogP contribution in [-0.4, -0.2) is 16.3 Å². The summed E-state index contributed by atoms with van der Waals surface area (Å²) < 4.78 is 14.7. The molecule has 0 spiro atoms. The van der Waals surface area contributed by atoms with E-state index in [1.807, 2.05) is 11.6 Å². The SMILES string of the molecule is Cc1c2ccc(F)cc2nn1CCN. The molecule has 0 bridgehead atoms. The number of halogens is 1. The van der Waals surface area contributed by atoms with Crippen LogP contribution in [0.2, 0.25) is 0 Å². The fourth-order valence-electron chi connectivity index (χ4n) is 1.58. The number of benzene rings is 1. The predicted octanol–water partition coefficient (Wildman–Crippen LogP) is 1.44. The van der Waals surface area contributed by atoms with Gasteiger partial charge < -0.3 is 5.73 Å².